The molecule has 0 fully saturated rings. The van der Waals surface area contributed by atoms with Crippen LogP contribution in [0.25, 0.3) is 0 Å². The third kappa shape index (κ3) is 9.53. The van der Waals surface area contributed by atoms with E-state index in [4.69, 9.17) is 14.4 Å². The Morgan fingerprint density at radius 2 is 1.14 bits per heavy atom. The molecule has 0 saturated carbocycles. The van der Waals surface area contributed by atoms with E-state index in [2.05, 4.69) is 0 Å². The smallest absolute Gasteiger partial charge is 0.460 e. The molecule has 1 aromatic rings. The van der Waals surface area contributed by atoms with Crippen LogP contribution in [0.3, 0.4) is 0 Å². The Balaban J connectivity index is 3.20. The highest BCUT2D eigenvalue weighted by Gasteiger charge is 2.95. The Morgan fingerprint density at radius 3 is 1.55 bits per heavy atom. The SMILES string of the molecule is C/C(=C\C[C@@H](C)[C@H](O)c1ccc(OCCO[Si](CCC(F)(F)C(F)(F)C(F)(F)C(F)(F)C(F)(F)C(F)(F)C(F)(F)C(F)(F)F)(C(C)C)C(C)C)cc1)C(=O)NO. The minimum absolute atomic E-state index is 0.152. The number of amides is 1. The van der Waals surface area contributed by atoms with Crippen LogP contribution in [0.15, 0.2) is 35.9 Å². The summed E-state index contributed by atoms with van der Waals surface area (Å²) in [6, 6.07) is 4.38. The van der Waals surface area contributed by atoms with Crippen LogP contribution in [-0.4, -0.2) is 85.4 Å². The topological polar surface area (TPSA) is 88.0 Å². The Bertz CT molecular complexity index is 1480. The van der Waals surface area contributed by atoms with Crippen LogP contribution >= 0.6 is 0 Å². The maximum Gasteiger partial charge on any atom is 0.460 e. The fraction of sp³-hybridized carbons (Fsp3) is 0.719. The molecular weight excluding hydrogens is 829 g/mol. The van der Waals surface area contributed by atoms with Crippen LogP contribution in [0.1, 0.15) is 66.1 Å². The Kier molecular flexibility index (Phi) is 16.0. The molecule has 1 aromatic carbocycles. The molecule has 1 amide bonds. The standard InChI is InChI=1S/C32H40F17NO5Si/c1-17(2)56(18(3)4,55-15-14-54-22-11-9-21(10-12-22)23(51)19(5)7-8-20(6)24(52)50-53)16-13-25(33,34)26(35,36)27(37,38)28(39,40)29(41,42)30(43,44)31(45,46)32(47,48)49/h8-12,17-19,23,51,53H,7,13-16H2,1-6H3,(H,50,52)/b20-8+/t19-,23+/m1/s1. The molecule has 0 aromatic heterocycles. The van der Waals surface area contributed by atoms with Gasteiger partial charge < -0.3 is 14.3 Å². The second-order valence-corrected chi connectivity index (χ2v) is 18.7. The molecule has 6 nitrogen and oxygen atoms in total. The number of carbonyl (C=O) groups excluding carboxylic acids is 1. The van der Waals surface area contributed by atoms with Gasteiger partial charge in [0, 0.05) is 12.0 Å². The number of allylic oxidation sites excluding steroid dienone is 1. The van der Waals surface area contributed by atoms with E-state index < -0.39 is 104 Å². The minimum Gasteiger partial charge on any atom is -0.491 e. The van der Waals surface area contributed by atoms with Crippen LogP contribution in [0, 0.1) is 5.92 Å². The van der Waals surface area contributed by atoms with Gasteiger partial charge in [-0.25, -0.2) is 5.48 Å². The van der Waals surface area contributed by atoms with Crippen LogP contribution < -0.4 is 10.2 Å². The van der Waals surface area contributed by atoms with Crippen LogP contribution in [0.5, 0.6) is 5.75 Å². The summed E-state index contributed by atoms with van der Waals surface area (Å²) in [6.07, 6.45) is -9.70. The second-order valence-electron chi connectivity index (χ2n) is 13.7. The molecule has 24 heteroatoms. The molecule has 56 heavy (non-hydrogen) atoms. The van der Waals surface area contributed by atoms with Gasteiger partial charge in [0.1, 0.15) is 12.4 Å². The highest BCUT2D eigenvalue weighted by Crippen LogP contribution is 2.64. The summed E-state index contributed by atoms with van der Waals surface area (Å²) in [6.45, 7) is 7.49. The molecule has 2 atom stereocenters. The van der Waals surface area contributed by atoms with Crippen molar-refractivity contribution in [3.05, 3.63) is 41.5 Å². The Morgan fingerprint density at radius 1 is 0.714 bits per heavy atom. The van der Waals surface area contributed by atoms with E-state index in [9.17, 15) is 84.5 Å². The zero-order valence-corrected chi connectivity index (χ0v) is 31.3. The van der Waals surface area contributed by atoms with Gasteiger partial charge in [0.15, 0.2) is 8.32 Å². The summed E-state index contributed by atoms with van der Waals surface area (Å²) in [4.78, 5) is 11.4. The molecule has 0 unspecified atom stereocenters. The fourth-order valence-electron chi connectivity index (χ4n) is 5.51. The molecule has 0 saturated heterocycles. The Labute approximate surface area is 310 Å². The zero-order valence-electron chi connectivity index (χ0n) is 30.3. The lowest BCUT2D eigenvalue weighted by Crippen LogP contribution is -2.74. The highest BCUT2D eigenvalue weighted by atomic mass is 28.4. The van der Waals surface area contributed by atoms with Crippen molar-refractivity contribution >= 4 is 14.2 Å². The van der Waals surface area contributed by atoms with Crippen LogP contribution in [0.4, 0.5) is 74.6 Å². The average Bonchev–Trinajstić information content (AvgIpc) is 3.08. The number of rotatable bonds is 21. The quantitative estimate of drug-likeness (QED) is 0.0286. The number of hydrogen-bond acceptors (Lipinski definition) is 5. The first kappa shape index (κ1) is 51.2. The zero-order chi connectivity index (χ0) is 44.3. The molecule has 3 N–H and O–H groups in total. The molecule has 0 aliphatic carbocycles. The third-order valence-electron chi connectivity index (χ3n) is 9.31. The molecular formula is C32H40F17NO5Si. The average molecular weight is 870 g/mol. The van der Waals surface area contributed by atoms with Gasteiger partial charge in [-0.15, -0.1) is 0 Å². The molecule has 0 spiro atoms. The number of alkyl halides is 17. The van der Waals surface area contributed by atoms with E-state index in [0.29, 0.717) is 5.56 Å². The molecule has 326 valence electrons. The van der Waals surface area contributed by atoms with Crippen molar-refractivity contribution in [3.63, 3.8) is 0 Å². The molecule has 0 radical (unpaired) electrons. The number of aliphatic hydroxyl groups is 1. The van der Waals surface area contributed by atoms with Gasteiger partial charge >= 0.3 is 47.6 Å². The van der Waals surface area contributed by atoms with Crippen LogP contribution in [0.2, 0.25) is 17.1 Å². The van der Waals surface area contributed by atoms with Gasteiger partial charge in [-0.2, -0.15) is 74.6 Å². The predicted octanol–water partition coefficient (Wildman–Crippen LogP) is 10.8. The van der Waals surface area contributed by atoms with E-state index in [0.717, 1.165) is 0 Å². The van der Waals surface area contributed by atoms with E-state index >= 15 is 0 Å². The lowest BCUT2D eigenvalue weighted by Gasteiger charge is -2.44. The lowest BCUT2D eigenvalue weighted by molar-refractivity contribution is -0.461. The monoisotopic (exact) mass is 869 g/mol. The van der Waals surface area contributed by atoms with Crippen molar-refractivity contribution < 1.29 is 98.9 Å². The molecule has 0 bridgehead atoms. The summed E-state index contributed by atoms with van der Waals surface area (Å²) < 4.78 is 245. The summed E-state index contributed by atoms with van der Waals surface area (Å²) in [5.74, 6) is -57.7. The number of aliphatic hydroxyl groups excluding tert-OH is 1. The molecule has 0 heterocycles. The first-order chi connectivity index (χ1) is 25.0. The van der Waals surface area contributed by atoms with Crippen molar-refractivity contribution in [2.75, 3.05) is 13.2 Å². The van der Waals surface area contributed by atoms with Crippen LogP contribution in [-0.2, 0) is 9.22 Å². The van der Waals surface area contributed by atoms with Gasteiger partial charge in [0.05, 0.1) is 12.7 Å². The first-order valence-corrected chi connectivity index (χ1v) is 18.6. The normalized spacial score (nSPS) is 16.0. The largest absolute Gasteiger partial charge is 0.491 e. The van der Waals surface area contributed by atoms with E-state index in [-0.39, 0.29) is 24.4 Å². The number of nitrogens with one attached hydrogen (secondary N) is 1. The number of ether oxygens (including phenoxy) is 1. The van der Waals surface area contributed by atoms with Crippen molar-refractivity contribution in [2.24, 2.45) is 5.92 Å². The minimum atomic E-state index is -8.68. The maximum absolute atomic E-state index is 14.8. The Hall–Kier alpha value is -2.86. The van der Waals surface area contributed by atoms with Crippen molar-refractivity contribution in [2.45, 2.75) is 125 Å². The summed E-state index contributed by atoms with van der Waals surface area (Å²) in [7, 11) is -3.95. The van der Waals surface area contributed by atoms with Gasteiger partial charge in [-0.3, -0.25) is 10.0 Å². The van der Waals surface area contributed by atoms with E-state index in [1.54, 1.807) is 6.92 Å². The third-order valence-corrected chi connectivity index (χ3v) is 15.0. The van der Waals surface area contributed by atoms with Crippen molar-refractivity contribution in [1.29, 1.82) is 0 Å². The second kappa shape index (κ2) is 17.6. The van der Waals surface area contributed by atoms with E-state index in [1.807, 2.05) is 0 Å². The highest BCUT2D eigenvalue weighted by molar-refractivity contribution is 6.76. The van der Waals surface area contributed by atoms with Crippen molar-refractivity contribution in [3.8, 4) is 5.75 Å². The summed E-state index contributed by atoms with van der Waals surface area (Å²) >= 11 is 0. The maximum atomic E-state index is 14.8. The number of hydroxylamine groups is 1. The summed E-state index contributed by atoms with van der Waals surface area (Å²) in [5, 5.41) is 19.3. The lowest BCUT2D eigenvalue weighted by atomic mass is 9.88. The molecule has 0 aliphatic heterocycles. The number of carbonyl (C=O) groups is 1. The number of halogens is 17. The van der Waals surface area contributed by atoms with Gasteiger partial charge in [-0.1, -0.05) is 52.8 Å². The van der Waals surface area contributed by atoms with Crippen molar-refractivity contribution in [1.82, 2.24) is 5.48 Å². The molecule has 0 aliphatic rings. The number of hydrogen-bond donors (Lipinski definition) is 3. The summed E-state index contributed by atoms with van der Waals surface area (Å²) in [5.41, 5.74) is 0.331. The van der Waals surface area contributed by atoms with E-state index in [1.165, 1.54) is 70.4 Å². The predicted molar refractivity (Wildman–Crippen MR) is 166 cm³/mol. The van der Waals surface area contributed by atoms with Gasteiger partial charge in [-0.05, 0) is 54.1 Å². The molecule has 1 rings (SSSR count). The van der Waals surface area contributed by atoms with Gasteiger partial charge in [0.25, 0.3) is 5.91 Å². The first-order valence-electron chi connectivity index (χ1n) is 16.4. The van der Waals surface area contributed by atoms with Gasteiger partial charge in [0.2, 0.25) is 0 Å². The fourth-order valence-corrected chi connectivity index (χ4v) is 9.98. The number of benzene rings is 1.